The van der Waals surface area contributed by atoms with Gasteiger partial charge in [0.2, 0.25) is 0 Å². The number of rotatable bonds is 6. The first-order valence-corrected chi connectivity index (χ1v) is 10.7. The number of aliphatic hydroxyl groups is 1. The van der Waals surface area contributed by atoms with Crippen molar-refractivity contribution in [2.24, 2.45) is 0 Å². The lowest BCUT2D eigenvalue weighted by atomic mass is 10.0. The van der Waals surface area contributed by atoms with Crippen LogP contribution in [-0.4, -0.2) is 46.4 Å². The van der Waals surface area contributed by atoms with Crippen LogP contribution < -0.4 is 10.6 Å². The Balaban J connectivity index is 1.75. The van der Waals surface area contributed by atoms with Gasteiger partial charge in [-0.15, -0.1) is 0 Å². The van der Waals surface area contributed by atoms with E-state index < -0.39 is 24.7 Å². The lowest BCUT2D eigenvalue weighted by Crippen LogP contribution is -2.44. The molecule has 1 aromatic carbocycles. The minimum absolute atomic E-state index is 0.0669. The average Bonchev–Trinajstić information content (AvgIpc) is 2.73. The molecule has 2 aromatic rings. The topological polar surface area (TPSA) is 77.5 Å². The van der Waals surface area contributed by atoms with Crippen LogP contribution in [0.5, 0.6) is 0 Å². The van der Waals surface area contributed by atoms with Crippen LogP contribution in [0, 0.1) is 0 Å². The monoisotopic (exact) mass is 490 g/mol. The second kappa shape index (κ2) is 10.1. The SMILES string of the molecule is CC(CO)Nc1cc2c(cn1)CCN(C(=O)NC(CC(F)(F)F)c1ccc(Cl)c(Cl)c1)C2. The van der Waals surface area contributed by atoms with E-state index in [-0.39, 0.29) is 34.8 Å². The van der Waals surface area contributed by atoms with Crippen LogP contribution in [0.3, 0.4) is 0 Å². The zero-order valence-electron chi connectivity index (χ0n) is 17.2. The molecule has 2 unspecified atom stereocenters. The normalized spacial score (nSPS) is 15.7. The highest BCUT2D eigenvalue weighted by atomic mass is 35.5. The summed E-state index contributed by atoms with van der Waals surface area (Å²) in [6.45, 7) is 2.31. The number of carbonyl (C=O) groups is 1. The number of hydrogen-bond donors (Lipinski definition) is 3. The Morgan fingerprint density at radius 1 is 1.25 bits per heavy atom. The molecule has 2 amide bonds. The molecule has 0 saturated carbocycles. The van der Waals surface area contributed by atoms with Crippen molar-refractivity contribution >= 4 is 35.1 Å². The van der Waals surface area contributed by atoms with E-state index in [2.05, 4.69) is 15.6 Å². The highest BCUT2D eigenvalue weighted by molar-refractivity contribution is 6.42. The number of hydrogen-bond acceptors (Lipinski definition) is 4. The summed E-state index contributed by atoms with van der Waals surface area (Å²) in [7, 11) is 0. The number of nitrogens with zero attached hydrogens (tertiary/aromatic N) is 2. The number of pyridine rings is 1. The first-order valence-electron chi connectivity index (χ1n) is 9.98. The first-order chi connectivity index (χ1) is 15.1. The predicted octanol–water partition coefficient (Wildman–Crippen LogP) is 4.94. The van der Waals surface area contributed by atoms with Gasteiger partial charge in [-0.05, 0) is 48.2 Å². The molecular weight excluding hydrogens is 468 g/mol. The number of aromatic nitrogens is 1. The summed E-state index contributed by atoms with van der Waals surface area (Å²) >= 11 is 11.8. The molecule has 174 valence electrons. The van der Waals surface area contributed by atoms with E-state index in [1.165, 1.54) is 23.1 Å². The van der Waals surface area contributed by atoms with Crippen LogP contribution in [0.25, 0.3) is 0 Å². The second-order valence-corrected chi connectivity index (χ2v) is 8.55. The van der Waals surface area contributed by atoms with Gasteiger partial charge < -0.3 is 20.6 Å². The van der Waals surface area contributed by atoms with Gasteiger partial charge in [0.25, 0.3) is 0 Å². The van der Waals surface area contributed by atoms with Crippen LogP contribution in [-0.2, 0) is 13.0 Å². The first kappa shape index (κ1) is 24.4. The molecule has 0 aliphatic carbocycles. The second-order valence-electron chi connectivity index (χ2n) is 7.73. The van der Waals surface area contributed by atoms with Crippen LogP contribution in [0.15, 0.2) is 30.5 Å². The molecule has 0 saturated heterocycles. The van der Waals surface area contributed by atoms with Gasteiger partial charge >= 0.3 is 12.2 Å². The Kier molecular flexibility index (Phi) is 7.74. The summed E-state index contributed by atoms with van der Waals surface area (Å²) < 4.78 is 39.5. The minimum Gasteiger partial charge on any atom is -0.394 e. The number of halogens is 5. The molecule has 0 bridgehead atoms. The van der Waals surface area contributed by atoms with Crippen LogP contribution in [0.2, 0.25) is 10.0 Å². The van der Waals surface area contributed by atoms with Crippen molar-refractivity contribution in [3.05, 3.63) is 57.2 Å². The molecule has 1 aromatic heterocycles. The standard InChI is InChI=1S/C21H23Cl2F3N4O2/c1-12(11-31)28-19-7-15-10-30(5-4-14(15)9-27-19)20(32)29-18(8-21(24,25)26)13-2-3-16(22)17(23)6-13/h2-3,6-7,9,12,18,31H,4-5,8,10-11H2,1H3,(H,27,28)(H,29,32). The number of nitrogens with one attached hydrogen (secondary N) is 2. The zero-order chi connectivity index (χ0) is 23.5. The van der Waals surface area contributed by atoms with Gasteiger partial charge in [-0.2, -0.15) is 13.2 Å². The number of benzene rings is 1. The smallest absolute Gasteiger partial charge is 0.391 e. The Morgan fingerprint density at radius 2 is 2.00 bits per heavy atom. The van der Waals surface area contributed by atoms with Gasteiger partial charge in [-0.25, -0.2) is 9.78 Å². The number of carbonyl (C=O) groups excluding carboxylic acids is 1. The molecule has 0 fully saturated rings. The molecule has 3 rings (SSSR count). The van der Waals surface area contributed by atoms with Crippen molar-refractivity contribution in [3.63, 3.8) is 0 Å². The molecule has 0 spiro atoms. The number of alkyl halides is 3. The maximum Gasteiger partial charge on any atom is 0.391 e. The third kappa shape index (κ3) is 6.40. The number of amides is 2. The predicted molar refractivity (Wildman–Crippen MR) is 117 cm³/mol. The van der Waals surface area contributed by atoms with E-state index in [0.717, 1.165) is 11.1 Å². The maximum atomic E-state index is 13.2. The Morgan fingerprint density at radius 3 is 2.66 bits per heavy atom. The van der Waals surface area contributed by atoms with Crippen LogP contribution >= 0.6 is 23.2 Å². The third-order valence-corrected chi connectivity index (χ3v) is 5.87. The summed E-state index contributed by atoms with van der Waals surface area (Å²) in [4.78, 5) is 18.6. The van der Waals surface area contributed by atoms with Crippen molar-refractivity contribution in [1.29, 1.82) is 0 Å². The average molecular weight is 491 g/mol. The van der Waals surface area contributed by atoms with E-state index in [0.29, 0.717) is 18.8 Å². The summed E-state index contributed by atoms with van der Waals surface area (Å²) in [5.41, 5.74) is 2.03. The molecule has 6 nitrogen and oxygen atoms in total. The quantitative estimate of drug-likeness (QED) is 0.535. The molecule has 11 heteroatoms. The maximum absolute atomic E-state index is 13.2. The Labute approximate surface area is 193 Å². The highest BCUT2D eigenvalue weighted by Crippen LogP contribution is 2.33. The molecule has 0 radical (unpaired) electrons. The Bertz CT molecular complexity index is 975. The van der Waals surface area contributed by atoms with Gasteiger partial charge in [-0.3, -0.25) is 0 Å². The number of urea groups is 1. The van der Waals surface area contributed by atoms with Crippen molar-refractivity contribution in [1.82, 2.24) is 15.2 Å². The molecular formula is C21H23Cl2F3N4O2. The van der Waals surface area contributed by atoms with Gasteiger partial charge in [0.1, 0.15) is 5.82 Å². The zero-order valence-corrected chi connectivity index (χ0v) is 18.7. The molecule has 2 heterocycles. The molecule has 1 aliphatic heterocycles. The Hall–Kier alpha value is -2.23. The number of aliphatic hydroxyl groups excluding tert-OH is 1. The fraction of sp³-hybridized carbons (Fsp3) is 0.429. The van der Waals surface area contributed by atoms with E-state index in [1.54, 1.807) is 19.2 Å². The number of anilines is 1. The highest BCUT2D eigenvalue weighted by Gasteiger charge is 2.34. The molecule has 32 heavy (non-hydrogen) atoms. The largest absolute Gasteiger partial charge is 0.394 e. The lowest BCUT2D eigenvalue weighted by molar-refractivity contribution is -0.139. The molecule has 1 aliphatic rings. The molecule has 3 N–H and O–H groups in total. The van der Waals surface area contributed by atoms with E-state index in [1.807, 2.05) is 0 Å². The lowest BCUT2D eigenvalue weighted by Gasteiger charge is -2.31. The van der Waals surface area contributed by atoms with Crippen molar-refractivity contribution in [3.8, 4) is 0 Å². The fourth-order valence-corrected chi connectivity index (χ4v) is 3.75. The van der Waals surface area contributed by atoms with Gasteiger partial charge in [-0.1, -0.05) is 29.3 Å². The van der Waals surface area contributed by atoms with Crippen molar-refractivity contribution in [2.75, 3.05) is 18.5 Å². The van der Waals surface area contributed by atoms with Gasteiger partial charge in [0.15, 0.2) is 0 Å². The summed E-state index contributed by atoms with van der Waals surface area (Å²) in [6, 6.07) is 3.83. The molecule has 2 atom stereocenters. The summed E-state index contributed by atoms with van der Waals surface area (Å²) in [5, 5.41) is 15.1. The van der Waals surface area contributed by atoms with Gasteiger partial charge in [0.05, 0.1) is 29.1 Å². The minimum atomic E-state index is -4.49. The summed E-state index contributed by atoms with van der Waals surface area (Å²) in [6.07, 6.45) is -3.49. The van der Waals surface area contributed by atoms with Crippen LogP contribution in [0.4, 0.5) is 23.8 Å². The summed E-state index contributed by atoms with van der Waals surface area (Å²) in [5.74, 6) is 0.554. The number of fused-ring (bicyclic) bond motifs is 1. The van der Waals surface area contributed by atoms with E-state index in [9.17, 15) is 23.1 Å². The van der Waals surface area contributed by atoms with Crippen LogP contribution in [0.1, 0.15) is 36.1 Å². The van der Waals surface area contributed by atoms with E-state index >= 15 is 0 Å². The van der Waals surface area contributed by atoms with Crippen molar-refractivity contribution < 1.29 is 23.1 Å². The van der Waals surface area contributed by atoms with Crippen molar-refractivity contribution in [2.45, 2.75) is 44.6 Å². The fourth-order valence-electron chi connectivity index (χ4n) is 3.44. The van der Waals surface area contributed by atoms with E-state index in [4.69, 9.17) is 23.2 Å². The third-order valence-electron chi connectivity index (χ3n) is 5.13. The van der Waals surface area contributed by atoms with Gasteiger partial charge in [0, 0.05) is 25.3 Å².